The number of aromatic nitrogens is 1. The highest BCUT2D eigenvalue weighted by atomic mass is 35.5. The highest BCUT2D eigenvalue weighted by Crippen LogP contribution is 2.37. The standard InChI is InChI=1S/C15H18ClN3OS/c1-10-2-3-12(16)14-13(10)17-15(21-14)19-8-11(9-19)18-4-6-20-7-5-18/h2-3,11H,4-9H2,1H3. The largest absolute Gasteiger partial charge is 0.379 e. The first-order valence-electron chi connectivity index (χ1n) is 7.35. The molecule has 1 aromatic carbocycles. The first kappa shape index (κ1) is 13.8. The van der Waals surface area contributed by atoms with Gasteiger partial charge in [0.05, 0.1) is 28.5 Å². The SMILES string of the molecule is Cc1ccc(Cl)c2sc(N3CC(N4CCOCC4)C3)nc12. The summed E-state index contributed by atoms with van der Waals surface area (Å²) in [6, 6.07) is 4.66. The molecule has 21 heavy (non-hydrogen) atoms. The molecule has 0 amide bonds. The Kier molecular flexibility index (Phi) is 3.53. The van der Waals surface area contributed by atoms with Crippen LogP contribution in [0.1, 0.15) is 5.56 Å². The maximum absolute atomic E-state index is 6.29. The zero-order chi connectivity index (χ0) is 14.4. The lowest BCUT2D eigenvalue weighted by Crippen LogP contribution is -2.61. The summed E-state index contributed by atoms with van der Waals surface area (Å²) in [7, 11) is 0. The predicted octanol–water partition coefficient (Wildman–Crippen LogP) is 2.78. The van der Waals surface area contributed by atoms with E-state index < -0.39 is 0 Å². The normalized spacial score (nSPS) is 21.0. The van der Waals surface area contributed by atoms with Gasteiger partial charge in [-0.15, -0.1) is 0 Å². The summed E-state index contributed by atoms with van der Waals surface area (Å²) >= 11 is 8.00. The van der Waals surface area contributed by atoms with Crippen molar-refractivity contribution in [1.82, 2.24) is 9.88 Å². The molecule has 2 aliphatic rings. The Morgan fingerprint density at radius 1 is 1.29 bits per heavy atom. The summed E-state index contributed by atoms with van der Waals surface area (Å²) in [6.07, 6.45) is 0. The van der Waals surface area contributed by atoms with Crippen molar-refractivity contribution in [2.24, 2.45) is 0 Å². The van der Waals surface area contributed by atoms with Gasteiger partial charge >= 0.3 is 0 Å². The van der Waals surface area contributed by atoms with Crippen molar-refractivity contribution in [3.8, 4) is 0 Å². The summed E-state index contributed by atoms with van der Waals surface area (Å²) in [6.45, 7) is 8.08. The van der Waals surface area contributed by atoms with Gasteiger partial charge in [-0.25, -0.2) is 4.98 Å². The molecular weight excluding hydrogens is 306 g/mol. The zero-order valence-electron chi connectivity index (χ0n) is 12.0. The highest BCUT2D eigenvalue weighted by molar-refractivity contribution is 7.22. The average molecular weight is 324 g/mol. The van der Waals surface area contributed by atoms with Crippen molar-refractivity contribution >= 4 is 38.3 Å². The Morgan fingerprint density at radius 3 is 2.76 bits per heavy atom. The number of fused-ring (bicyclic) bond motifs is 1. The lowest BCUT2D eigenvalue weighted by Gasteiger charge is -2.46. The number of halogens is 1. The number of hydrogen-bond donors (Lipinski definition) is 0. The number of thiazole rings is 1. The van der Waals surface area contributed by atoms with Crippen LogP contribution in [0.2, 0.25) is 5.02 Å². The number of anilines is 1. The monoisotopic (exact) mass is 323 g/mol. The van der Waals surface area contributed by atoms with Crippen LogP contribution in [0.25, 0.3) is 10.2 Å². The van der Waals surface area contributed by atoms with Gasteiger partial charge in [-0.1, -0.05) is 29.0 Å². The molecule has 0 atom stereocenters. The van der Waals surface area contributed by atoms with E-state index in [1.165, 1.54) is 5.56 Å². The molecule has 6 heteroatoms. The molecule has 2 aliphatic heterocycles. The molecule has 0 N–H and O–H groups in total. The number of nitrogens with zero attached hydrogens (tertiary/aromatic N) is 3. The Morgan fingerprint density at radius 2 is 2.05 bits per heavy atom. The van der Waals surface area contributed by atoms with Crippen LogP contribution >= 0.6 is 22.9 Å². The molecule has 0 unspecified atom stereocenters. The average Bonchev–Trinajstić information content (AvgIpc) is 2.89. The zero-order valence-corrected chi connectivity index (χ0v) is 13.6. The minimum atomic E-state index is 0.650. The van der Waals surface area contributed by atoms with Crippen LogP contribution in [0.5, 0.6) is 0 Å². The molecule has 3 heterocycles. The topological polar surface area (TPSA) is 28.6 Å². The molecule has 0 bridgehead atoms. The summed E-state index contributed by atoms with van der Waals surface area (Å²) in [5.41, 5.74) is 2.25. The molecule has 4 rings (SSSR count). The first-order chi connectivity index (χ1) is 10.2. The Bertz CT molecular complexity index is 623. The summed E-state index contributed by atoms with van der Waals surface area (Å²) in [5, 5.41) is 1.91. The molecule has 2 saturated heterocycles. The van der Waals surface area contributed by atoms with Crippen LogP contribution in [0, 0.1) is 6.92 Å². The molecule has 0 radical (unpaired) electrons. The van der Waals surface area contributed by atoms with E-state index in [0.717, 1.165) is 59.8 Å². The van der Waals surface area contributed by atoms with E-state index in [4.69, 9.17) is 21.3 Å². The second-order valence-corrected chi connectivity index (χ2v) is 7.13. The summed E-state index contributed by atoms with van der Waals surface area (Å²) in [5.74, 6) is 0. The van der Waals surface area contributed by atoms with Crippen molar-refractivity contribution in [1.29, 1.82) is 0 Å². The number of ether oxygens (including phenoxy) is 1. The third kappa shape index (κ3) is 2.42. The molecule has 4 nitrogen and oxygen atoms in total. The molecule has 0 aliphatic carbocycles. The van der Waals surface area contributed by atoms with E-state index in [1.807, 2.05) is 12.1 Å². The fourth-order valence-corrected chi connectivity index (χ4v) is 4.35. The van der Waals surface area contributed by atoms with E-state index in [9.17, 15) is 0 Å². The molecule has 0 saturated carbocycles. The summed E-state index contributed by atoms with van der Waals surface area (Å²) in [4.78, 5) is 9.69. The Hall–Kier alpha value is -0.880. The number of hydrogen-bond acceptors (Lipinski definition) is 5. The van der Waals surface area contributed by atoms with E-state index in [1.54, 1.807) is 11.3 Å². The van der Waals surface area contributed by atoms with Gasteiger partial charge in [-0.3, -0.25) is 4.90 Å². The van der Waals surface area contributed by atoms with Gasteiger partial charge in [0.25, 0.3) is 0 Å². The van der Waals surface area contributed by atoms with Gasteiger partial charge in [0.15, 0.2) is 5.13 Å². The van der Waals surface area contributed by atoms with Crippen LogP contribution in [0.4, 0.5) is 5.13 Å². The van der Waals surface area contributed by atoms with Crippen molar-refractivity contribution in [3.63, 3.8) is 0 Å². The van der Waals surface area contributed by atoms with Crippen molar-refractivity contribution < 1.29 is 4.74 Å². The van der Waals surface area contributed by atoms with Gasteiger partial charge < -0.3 is 9.64 Å². The molecule has 112 valence electrons. The van der Waals surface area contributed by atoms with E-state index in [0.29, 0.717) is 6.04 Å². The van der Waals surface area contributed by atoms with Crippen molar-refractivity contribution in [3.05, 3.63) is 22.7 Å². The number of aryl methyl sites for hydroxylation is 1. The second kappa shape index (κ2) is 5.39. The molecule has 2 fully saturated rings. The van der Waals surface area contributed by atoms with Gasteiger partial charge in [0.2, 0.25) is 0 Å². The van der Waals surface area contributed by atoms with Gasteiger partial charge in [0.1, 0.15) is 0 Å². The maximum Gasteiger partial charge on any atom is 0.186 e. The quantitative estimate of drug-likeness (QED) is 0.849. The number of benzene rings is 1. The number of rotatable bonds is 2. The van der Waals surface area contributed by atoms with Gasteiger partial charge in [0, 0.05) is 32.2 Å². The van der Waals surface area contributed by atoms with Gasteiger partial charge in [-0.2, -0.15) is 0 Å². The van der Waals surface area contributed by atoms with Crippen LogP contribution in [-0.4, -0.2) is 55.3 Å². The van der Waals surface area contributed by atoms with Crippen LogP contribution < -0.4 is 4.90 Å². The van der Waals surface area contributed by atoms with E-state index in [-0.39, 0.29) is 0 Å². The van der Waals surface area contributed by atoms with Crippen LogP contribution in [0.15, 0.2) is 12.1 Å². The summed E-state index contributed by atoms with van der Waals surface area (Å²) < 4.78 is 6.53. The minimum absolute atomic E-state index is 0.650. The highest BCUT2D eigenvalue weighted by Gasteiger charge is 2.34. The maximum atomic E-state index is 6.29. The van der Waals surface area contributed by atoms with Crippen LogP contribution in [-0.2, 0) is 4.74 Å². The van der Waals surface area contributed by atoms with E-state index in [2.05, 4.69) is 16.7 Å². The third-order valence-electron chi connectivity index (χ3n) is 4.38. The lowest BCUT2D eigenvalue weighted by molar-refractivity contribution is 0.0105. The van der Waals surface area contributed by atoms with E-state index >= 15 is 0 Å². The Balaban J connectivity index is 1.51. The fourth-order valence-electron chi connectivity index (χ4n) is 3.01. The molecule has 2 aromatic rings. The lowest BCUT2D eigenvalue weighted by atomic mass is 10.1. The molecular formula is C15H18ClN3OS. The molecule has 0 spiro atoms. The Labute approximate surface area is 133 Å². The van der Waals surface area contributed by atoms with Gasteiger partial charge in [-0.05, 0) is 18.6 Å². The predicted molar refractivity (Wildman–Crippen MR) is 87.8 cm³/mol. The van der Waals surface area contributed by atoms with Crippen molar-refractivity contribution in [2.45, 2.75) is 13.0 Å². The second-order valence-electron chi connectivity index (χ2n) is 5.75. The minimum Gasteiger partial charge on any atom is -0.379 e. The van der Waals surface area contributed by atoms with Crippen molar-refractivity contribution in [2.75, 3.05) is 44.3 Å². The third-order valence-corrected chi connectivity index (χ3v) is 5.96. The van der Waals surface area contributed by atoms with Crippen LogP contribution in [0.3, 0.4) is 0 Å². The molecule has 1 aromatic heterocycles. The fraction of sp³-hybridized carbons (Fsp3) is 0.533. The first-order valence-corrected chi connectivity index (χ1v) is 8.54. The smallest absolute Gasteiger partial charge is 0.186 e. The number of morpholine rings is 1.